The van der Waals surface area contributed by atoms with E-state index in [1.165, 1.54) is 19.2 Å². The van der Waals surface area contributed by atoms with E-state index < -0.39 is 11.9 Å². The van der Waals surface area contributed by atoms with Crippen molar-refractivity contribution in [3.63, 3.8) is 0 Å². The molecular formula is C12H7Cl3N2O3S. The second-order valence-corrected chi connectivity index (χ2v) is 6.01. The van der Waals surface area contributed by atoms with Crippen LogP contribution in [0.2, 0.25) is 15.1 Å². The molecule has 0 fully saturated rings. The second-order valence-electron chi connectivity index (χ2n) is 3.73. The van der Waals surface area contributed by atoms with Gasteiger partial charge in [0, 0.05) is 11.1 Å². The Morgan fingerprint density at radius 1 is 1.33 bits per heavy atom. The SMILES string of the molecule is COC(=O)C=C1SC(Nc2c(Cl)cc(Cl)cc2Cl)=NC1=O. The first kappa shape index (κ1) is 16.2. The van der Waals surface area contributed by atoms with Gasteiger partial charge >= 0.3 is 5.97 Å². The quantitative estimate of drug-likeness (QED) is 0.638. The summed E-state index contributed by atoms with van der Waals surface area (Å²) in [5.41, 5.74) is 0.376. The zero-order valence-corrected chi connectivity index (χ0v) is 13.5. The number of esters is 1. The Bertz CT molecular complexity index is 665. The largest absolute Gasteiger partial charge is 0.466 e. The van der Waals surface area contributed by atoms with Crippen LogP contribution in [-0.4, -0.2) is 24.2 Å². The third kappa shape index (κ3) is 3.91. The van der Waals surface area contributed by atoms with E-state index in [2.05, 4.69) is 15.0 Å². The molecule has 0 aromatic heterocycles. The van der Waals surface area contributed by atoms with Gasteiger partial charge in [-0.15, -0.1) is 0 Å². The van der Waals surface area contributed by atoms with E-state index in [9.17, 15) is 9.59 Å². The molecule has 21 heavy (non-hydrogen) atoms. The molecule has 1 heterocycles. The topological polar surface area (TPSA) is 67.8 Å². The van der Waals surface area contributed by atoms with Gasteiger partial charge < -0.3 is 10.1 Å². The van der Waals surface area contributed by atoms with Gasteiger partial charge in [0.05, 0.1) is 27.7 Å². The average molecular weight is 366 g/mol. The fraction of sp³-hybridized carbons (Fsp3) is 0.0833. The van der Waals surface area contributed by atoms with E-state index in [0.29, 0.717) is 10.7 Å². The molecule has 9 heteroatoms. The van der Waals surface area contributed by atoms with E-state index in [1.807, 2.05) is 0 Å². The molecule has 1 amide bonds. The average Bonchev–Trinajstić information content (AvgIpc) is 2.74. The summed E-state index contributed by atoms with van der Waals surface area (Å²) >= 11 is 18.8. The van der Waals surface area contributed by atoms with Crippen LogP contribution >= 0.6 is 46.6 Å². The predicted molar refractivity (Wildman–Crippen MR) is 85.2 cm³/mol. The lowest BCUT2D eigenvalue weighted by atomic mass is 10.3. The summed E-state index contributed by atoms with van der Waals surface area (Å²) in [5, 5.41) is 4.04. The van der Waals surface area contributed by atoms with Gasteiger partial charge in [0.2, 0.25) is 0 Å². The highest BCUT2D eigenvalue weighted by atomic mass is 35.5. The number of ether oxygens (including phenoxy) is 1. The number of anilines is 1. The summed E-state index contributed by atoms with van der Waals surface area (Å²) in [6.07, 6.45) is 1.07. The molecule has 1 aromatic carbocycles. The van der Waals surface area contributed by atoms with Crippen LogP contribution in [0.3, 0.4) is 0 Å². The number of amidine groups is 1. The van der Waals surface area contributed by atoms with E-state index >= 15 is 0 Å². The molecule has 0 bridgehead atoms. The molecule has 2 rings (SSSR count). The zero-order chi connectivity index (χ0) is 15.6. The Morgan fingerprint density at radius 3 is 2.52 bits per heavy atom. The predicted octanol–water partition coefficient (Wildman–Crippen LogP) is 3.75. The van der Waals surface area contributed by atoms with Gasteiger partial charge in [-0.05, 0) is 23.9 Å². The maximum atomic E-state index is 11.6. The van der Waals surface area contributed by atoms with Crippen molar-refractivity contribution in [3.05, 3.63) is 38.2 Å². The molecule has 0 unspecified atom stereocenters. The van der Waals surface area contributed by atoms with Crippen LogP contribution in [0.1, 0.15) is 0 Å². The Labute approximate surface area is 139 Å². The van der Waals surface area contributed by atoms with Crippen LogP contribution in [0, 0.1) is 0 Å². The number of benzene rings is 1. The van der Waals surface area contributed by atoms with E-state index in [0.717, 1.165) is 17.8 Å². The van der Waals surface area contributed by atoms with Gasteiger partial charge in [0.25, 0.3) is 5.91 Å². The normalized spacial score (nSPS) is 16.1. The lowest BCUT2D eigenvalue weighted by Crippen LogP contribution is -2.06. The Kier molecular flexibility index (Phi) is 5.16. The minimum absolute atomic E-state index is 0.144. The highest BCUT2D eigenvalue weighted by molar-refractivity contribution is 8.18. The molecule has 1 aliphatic heterocycles. The van der Waals surface area contributed by atoms with E-state index in [4.69, 9.17) is 34.8 Å². The summed E-state index contributed by atoms with van der Waals surface area (Å²) in [4.78, 5) is 26.7. The number of carbonyl (C=O) groups is 2. The van der Waals surface area contributed by atoms with Crippen molar-refractivity contribution in [1.29, 1.82) is 0 Å². The number of rotatable bonds is 2. The van der Waals surface area contributed by atoms with Crippen molar-refractivity contribution in [2.75, 3.05) is 12.4 Å². The first-order valence-corrected chi connectivity index (χ1v) is 7.38. The number of methoxy groups -OCH3 is 1. The van der Waals surface area contributed by atoms with Crippen LogP contribution < -0.4 is 5.32 Å². The van der Waals surface area contributed by atoms with Crippen LogP contribution in [0.5, 0.6) is 0 Å². The smallest absolute Gasteiger partial charge is 0.331 e. The minimum atomic E-state index is -0.634. The summed E-state index contributed by atoms with van der Waals surface area (Å²) < 4.78 is 4.46. The van der Waals surface area contributed by atoms with Crippen LogP contribution in [-0.2, 0) is 14.3 Å². The number of aliphatic imine (C=N–C) groups is 1. The second kappa shape index (κ2) is 6.70. The van der Waals surface area contributed by atoms with Crippen molar-refractivity contribution in [3.8, 4) is 0 Å². The van der Waals surface area contributed by atoms with Gasteiger partial charge in [-0.1, -0.05) is 34.8 Å². The molecule has 0 aliphatic carbocycles. The fourth-order valence-corrected chi connectivity index (χ4v) is 3.09. The van der Waals surface area contributed by atoms with Gasteiger partial charge in [-0.3, -0.25) is 4.79 Å². The molecule has 1 aliphatic rings. The van der Waals surface area contributed by atoms with Gasteiger partial charge in [-0.25, -0.2) is 4.79 Å². The molecule has 0 saturated heterocycles. The monoisotopic (exact) mass is 364 g/mol. The number of hydrogen-bond donors (Lipinski definition) is 1. The number of carbonyl (C=O) groups excluding carboxylic acids is 2. The van der Waals surface area contributed by atoms with Crippen LogP contribution in [0.15, 0.2) is 28.1 Å². The van der Waals surface area contributed by atoms with Crippen molar-refractivity contribution in [2.24, 2.45) is 4.99 Å². The number of halogens is 3. The van der Waals surface area contributed by atoms with E-state index in [1.54, 1.807) is 0 Å². The Hall–Kier alpha value is -1.21. The van der Waals surface area contributed by atoms with Crippen molar-refractivity contribution in [1.82, 2.24) is 0 Å². The minimum Gasteiger partial charge on any atom is -0.466 e. The van der Waals surface area contributed by atoms with Crippen molar-refractivity contribution < 1.29 is 14.3 Å². The fourth-order valence-electron chi connectivity index (χ4n) is 1.40. The number of nitrogens with one attached hydrogen (secondary N) is 1. The number of thioether (sulfide) groups is 1. The molecule has 0 spiro atoms. The highest BCUT2D eigenvalue weighted by Crippen LogP contribution is 2.36. The summed E-state index contributed by atoms with van der Waals surface area (Å²) in [6.45, 7) is 0. The summed E-state index contributed by atoms with van der Waals surface area (Å²) in [5.74, 6) is -1.18. The standard InChI is InChI=1S/C12H7Cl3N2O3S/c1-20-9(18)4-8-11(19)17-12(21-8)16-10-6(14)2-5(13)3-7(10)15/h2-4H,1H3,(H,16,17,19). The third-order valence-electron chi connectivity index (χ3n) is 2.31. The molecule has 0 saturated carbocycles. The van der Waals surface area contributed by atoms with Gasteiger partial charge in [0.15, 0.2) is 5.17 Å². The highest BCUT2D eigenvalue weighted by Gasteiger charge is 2.24. The summed E-state index contributed by atoms with van der Waals surface area (Å²) in [6, 6.07) is 3.01. The first-order chi connectivity index (χ1) is 9.90. The van der Waals surface area contributed by atoms with Gasteiger partial charge in [-0.2, -0.15) is 4.99 Å². The number of amides is 1. The maximum Gasteiger partial charge on any atom is 0.331 e. The zero-order valence-electron chi connectivity index (χ0n) is 10.4. The van der Waals surface area contributed by atoms with Gasteiger partial charge in [0.1, 0.15) is 0 Å². The molecule has 0 radical (unpaired) electrons. The molecular weight excluding hydrogens is 359 g/mol. The lowest BCUT2D eigenvalue weighted by molar-refractivity contribution is -0.135. The first-order valence-electron chi connectivity index (χ1n) is 5.43. The molecule has 1 N–H and O–H groups in total. The Morgan fingerprint density at radius 2 is 1.95 bits per heavy atom. The summed E-state index contributed by atoms with van der Waals surface area (Å²) in [7, 11) is 1.22. The van der Waals surface area contributed by atoms with Crippen LogP contribution in [0.25, 0.3) is 0 Å². The van der Waals surface area contributed by atoms with Crippen molar-refractivity contribution in [2.45, 2.75) is 0 Å². The number of nitrogens with zero attached hydrogens (tertiary/aromatic N) is 1. The lowest BCUT2D eigenvalue weighted by Gasteiger charge is -2.09. The molecule has 0 atom stereocenters. The van der Waals surface area contributed by atoms with E-state index in [-0.39, 0.29) is 20.1 Å². The van der Waals surface area contributed by atoms with Crippen LogP contribution in [0.4, 0.5) is 5.69 Å². The maximum absolute atomic E-state index is 11.6. The molecule has 5 nitrogen and oxygen atoms in total. The van der Waals surface area contributed by atoms with Crippen molar-refractivity contribution >= 4 is 69.3 Å². The molecule has 110 valence electrons. The Balaban J connectivity index is 2.20. The molecule has 1 aromatic rings. The number of hydrogen-bond acceptors (Lipinski definition) is 5. The third-order valence-corrected chi connectivity index (χ3v) is 4.02.